The maximum atomic E-state index is 12.7. The number of halogens is 4. The van der Waals surface area contributed by atoms with Crippen LogP contribution in [0.1, 0.15) is 12.5 Å². The molecule has 23 heavy (non-hydrogen) atoms. The number of benzene rings is 1. The Balaban J connectivity index is 2.69. The predicted octanol–water partition coefficient (Wildman–Crippen LogP) is 2.95. The third-order valence-electron chi connectivity index (χ3n) is 2.98. The van der Waals surface area contributed by atoms with Crippen molar-refractivity contribution >= 4 is 29.2 Å². The van der Waals surface area contributed by atoms with Crippen molar-refractivity contribution in [3.63, 3.8) is 0 Å². The molecule has 0 aliphatic carbocycles. The number of rotatable bonds is 6. The molecule has 0 spiro atoms. The van der Waals surface area contributed by atoms with Crippen LogP contribution in [-0.2, 0) is 15.8 Å². The Morgan fingerprint density at radius 3 is 2.52 bits per heavy atom. The zero-order valence-corrected chi connectivity index (χ0v) is 13.2. The molecule has 128 valence electrons. The van der Waals surface area contributed by atoms with Gasteiger partial charge in [0.1, 0.15) is 0 Å². The number of carbonyl (C=O) groups is 2. The number of nitrogens with one attached hydrogen (secondary N) is 1. The maximum absolute atomic E-state index is 12.7. The molecule has 0 saturated carbocycles. The summed E-state index contributed by atoms with van der Waals surface area (Å²) in [6.45, 7) is 1.48. The van der Waals surface area contributed by atoms with Crippen molar-refractivity contribution in [2.24, 2.45) is 5.92 Å². The van der Waals surface area contributed by atoms with E-state index in [9.17, 15) is 22.8 Å². The lowest BCUT2D eigenvalue weighted by Crippen LogP contribution is -2.35. The minimum atomic E-state index is -4.62. The summed E-state index contributed by atoms with van der Waals surface area (Å²) >= 11 is 5.49. The third-order valence-corrected chi connectivity index (χ3v) is 3.31. The zero-order valence-electron chi connectivity index (χ0n) is 12.4. The molecule has 0 radical (unpaired) electrons. The minimum Gasteiger partial charge on any atom is -0.481 e. The second-order valence-electron chi connectivity index (χ2n) is 5.18. The van der Waals surface area contributed by atoms with Gasteiger partial charge in [-0.25, -0.2) is 0 Å². The molecular formula is C14H16ClF3N2O3. The molecule has 1 atom stereocenters. The van der Waals surface area contributed by atoms with Crippen molar-refractivity contribution in [2.75, 3.05) is 25.5 Å². The fraction of sp³-hybridized carbons (Fsp3) is 0.429. The molecule has 0 heterocycles. The van der Waals surface area contributed by atoms with Crippen LogP contribution in [0.2, 0.25) is 5.02 Å². The topological polar surface area (TPSA) is 69.6 Å². The molecule has 1 aromatic rings. The Hall–Kier alpha value is -1.80. The minimum absolute atomic E-state index is 0.0357. The molecule has 9 heteroatoms. The Labute approximate surface area is 136 Å². The molecule has 0 aliphatic rings. The molecule has 2 N–H and O–H groups in total. The van der Waals surface area contributed by atoms with Gasteiger partial charge in [0, 0.05) is 12.2 Å². The van der Waals surface area contributed by atoms with Gasteiger partial charge in [-0.1, -0.05) is 18.5 Å². The number of nitrogens with zero attached hydrogens (tertiary/aromatic N) is 1. The first-order valence-electron chi connectivity index (χ1n) is 6.58. The maximum Gasteiger partial charge on any atom is 0.417 e. The van der Waals surface area contributed by atoms with E-state index in [0.717, 1.165) is 12.1 Å². The monoisotopic (exact) mass is 352 g/mol. The molecule has 1 unspecified atom stereocenters. The molecule has 5 nitrogen and oxygen atoms in total. The summed E-state index contributed by atoms with van der Waals surface area (Å²) in [5.41, 5.74) is -1.07. The fourth-order valence-electron chi connectivity index (χ4n) is 1.88. The predicted molar refractivity (Wildman–Crippen MR) is 79.4 cm³/mol. The second kappa shape index (κ2) is 7.65. The molecule has 1 rings (SSSR count). The molecule has 0 saturated heterocycles. The molecular weight excluding hydrogens is 337 g/mol. The van der Waals surface area contributed by atoms with Crippen LogP contribution in [0, 0.1) is 5.92 Å². The quantitative estimate of drug-likeness (QED) is 0.826. The van der Waals surface area contributed by atoms with Gasteiger partial charge in [0.05, 0.1) is 23.0 Å². The number of alkyl halides is 3. The van der Waals surface area contributed by atoms with Gasteiger partial charge in [0.2, 0.25) is 5.91 Å². The highest BCUT2D eigenvalue weighted by atomic mass is 35.5. The Morgan fingerprint density at radius 1 is 1.39 bits per heavy atom. The van der Waals surface area contributed by atoms with Crippen LogP contribution in [0.5, 0.6) is 0 Å². The lowest BCUT2D eigenvalue weighted by molar-refractivity contribution is -0.142. The van der Waals surface area contributed by atoms with E-state index < -0.39 is 34.6 Å². The normalized spacial score (nSPS) is 13.0. The lowest BCUT2D eigenvalue weighted by atomic mass is 10.1. The van der Waals surface area contributed by atoms with Gasteiger partial charge in [-0.15, -0.1) is 0 Å². The highest BCUT2D eigenvalue weighted by Crippen LogP contribution is 2.36. The van der Waals surface area contributed by atoms with Crippen molar-refractivity contribution in [2.45, 2.75) is 13.1 Å². The zero-order chi connectivity index (χ0) is 17.8. The first-order chi connectivity index (χ1) is 10.5. The highest BCUT2D eigenvalue weighted by molar-refractivity contribution is 6.31. The van der Waals surface area contributed by atoms with Crippen molar-refractivity contribution < 1.29 is 27.9 Å². The number of carboxylic acid groups (broad SMARTS) is 1. The largest absolute Gasteiger partial charge is 0.481 e. The third kappa shape index (κ3) is 6.07. The Kier molecular flexibility index (Phi) is 6.40. The summed E-state index contributed by atoms with van der Waals surface area (Å²) in [4.78, 5) is 24.0. The number of carbonyl (C=O) groups excluding carboxylic acids is 1. The van der Waals surface area contributed by atoms with Gasteiger partial charge in [-0.2, -0.15) is 13.2 Å². The average molecular weight is 353 g/mol. The summed E-state index contributed by atoms with van der Waals surface area (Å²) in [6, 6.07) is 3.06. The van der Waals surface area contributed by atoms with Crippen molar-refractivity contribution in [3.05, 3.63) is 28.8 Å². The van der Waals surface area contributed by atoms with E-state index >= 15 is 0 Å². The first kappa shape index (κ1) is 19.2. The van der Waals surface area contributed by atoms with Crippen LogP contribution in [0.3, 0.4) is 0 Å². The van der Waals surface area contributed by atoms with Gasteiger partial charge in [0.25, 0.3) is 0 Å². The van der Waals surface area contributed by atoms with Gasteiger partial charge < -0.3 is 10.4 Å². The number of aliphatic carboxylic acids is 1. The van der Waals surface area contributed by atoms with Gasteiger partial charge in [-0.3, -0.25) is 14.5 Å². The number of hydrogen-bond acceptors (Lipinski definition) is 3. The van der Waals surface area contributed by atoms with Crippen LogP contribution in [-0.4, -0.2) is 42.0 Å². The van der Waals surface area contributed by atoms with Crippen LogP contribution >= 0.6 is 11.6 Å². The molecule has 0 aliphatic heterocycles. The van der Waals surface area contributed by atoms with Gasteiger partial charge in [0.15, 0.2) is 0 Å². The molecule has 1 amide bonds. The second-order valence-corrected chi connectivity index (χ2v) is 5.58. The van der Waals surface area contributed by atoms with Crippen LogP contribution in [0.25, 0.3) is 0 Å². The fourth-order valence-corrected chi connectivity index (χ4v) is 2.10. The van der Waals surface area contributed by atoms with Crippen LogP contribution in [0.15, 0.2) is 18.2 Å². The summed E-state index contributed by atoms with van der Waals surface area (Å²) in [7, 11) is 1.54. The molecule has 0 bridgehead atoms. The first-order valence-corrected chi connectivity index (χ1v) is 6.96. The summed E-state index contributed by atoms with van der Waals surface area (Å²) in [5.74, 6) is -2.22. The van der Waals surface area contributed by atoms with E-state index in [2.05, 4.69) is 5.32 Å². The summed E-state index contributed by atoms with van der Waals surface area (Å²) < 4.78 is 38.2. The van der Waals surface area contributed by atoms with Crippen molar-refractivity contribution in [3.8, 4) is 0 Å². The van der Waals surface area contributed by atoms with E-state index in [4.69, 9.17) is 16.7 Å². The average Bonchev–Trinajstić information content (AvgIpc) is 2.39. The van der Waals surface area contributed by atoms with Crippen molar-refractivity contribution in [1.29, 1.82) is 0 Å². The van der Waals surface area contributed by atoms with E-state index in [1.165, 1.54) is 17.9 Å². The lowest BCUT2D eigenvalue weighted by Gasteiger charge is -2.18. The van der Waals surface area contributed by atoms with Crippen LogP contribution in [0.4, 0.5) is 18.9 Å². The number of amides is 1. The van der Waals surface area contributed by atoms with E-state index in [1.807, 2.05) is 0 Å². The number of likely N-dealkylation sites (N-methyl/N-ethyl adjacent to an activating group) is 1. The Bertz CT molecular complexity index is 593. The van der Waals surface area contributed by atoms with E-state index in [-0.39, 0.29) is 18.8 Å². The standard InChI is InChI=1S/C14H16ClF3N2O3/c1-8(13(22)23)6-20(2)7-12(21)19-9-3-4-11(15)10(5-9)14(16,17)18/h3-5,8H,6-7H2,1-2H3,(H,19,21)(H,22,23). The number of carboxylic acids is 1. The molecule has 1 aromatic carbocycles. The van der Waals surface area contributed by atoms with E-state index in [1.54, 1.807) is 7.05 Å². The van der Waals surface area contributed by atoms with Gasteiger partial charge in [-0.05, 0) is 25.2 Å². The van der Waals surface area contributed by atoms with Crippen molar-refractivity contribution in [1.82, 2.24) is 4.90 Å². The van der Waals surface area contributed by atoms with E-state index in [0.29, 0.717) is 0 Å². The molecule has 0 aromatic heterocycles. The number of anilines is 1. The molecule has 0 fully saturated rings. The smallest absolute Gasteiger partial charge is 0.417 e. The van der Waals surface area contributed by atoms with Crippen LogP contribution < -0.4 is 5.32 Å². The Morgan fingerprint density at radius 2 is 2.00 bits per heavy atom. The SMILES string of the molecule is CC(CN(C)CC(=O)Nc1ccc(Cl)c(C(F)(F)F)c1)C(=O)O. The van der Waals surface area contributed by atoms with Gasteiger partial charge >= 0.3 is 12.1 Å². The summed E-state index contributed by atoms with van der Waals surface area (Å²) in [6.07, 6.45) is -4.62. The number of hydrogen-bond donors (Lipinski definition) is 2. The summed E-state index contributed by atoms with van der Waals surface area (Å²) in [5, 5.41) is 10.7. The highest BCUT2D eigenvalue weighted by Gasteiger charge is 2.33.